The van der Waals surface area contributed by atoms with Gasteiger partial charge in [0.05, 0.1) is 0 Å². The molecule has 0 unspecified atom stereocenters. The molecule has 0 aliphatic carbocycles. The molecule has 0 fully saturated rings. The maximum absolute atomic E-state index is 5.89. The zero-order valence-electron chi connectivity index (χ0n) is 7.08. The Labute approximate surface area is 88.5 Å². The van der Waals surface area contributed by atoms with E-state index in [-0.39, 0.29) is 14.0 Å². The van der Waals surface area contributed by atoms with Crippen molar-refractivity contribution in [2.24, 2.45) is 0 Å². The Hall–Kier alpha value is 0.379. The van der Waals surface area contributed by atoms with Crippen molar-refractivity contribution in [1.29, 1.82) is 0 Å². The zero-order chi connectivity index (χ0) is 8.97. The molecule has 0 aliphatic heterocycles. The fourth-order valence-electron chi connectivity index (χ4n) is 1.01. The Morgan fingerprint density at radius 2 is 2.08 bits per heavy atom. The Kier molecular flexibility index (Phi) is 4.52. The van der Waals surface area contributed by atoms with Crippen LogP contribution in [-0.2, 0) is 0 Å². The van der Waals surface area contributed by atoms with Gasteiger partial charge in [-0.05, 0) is 0 Å². The molecule has 1 aromatic rings. The average Bonchev–Trinajstić information content (AvgIpc) is 2.16. The summed E-state index contributed by atoms with van der Waals surface area (Å²) in [6.07, 6.45) is 2.13. The molecule has 0 radical (unpaired) electrons. The number of rotatable bonds is 3. The number of thioether (sulfide) groups is 1. The summed E-state index contributed by atoms with van der Waals surface area (Å²) in [7, 11) is 5.89. The van der Waals surface area contributed by atoms with Crippen LogP contribution < -0.4 is 4.46 Å². The summed E-state index contributed by atoms with van der Waals surface area (Å²) < 4.78 is 1.31. The summed E-state index contributed by atoms with van der Waals surface area (Å²) in [5, 5.41) is 0.557. The minimum atomic E-state index is 0.0978. The fourth-order valence-corrected chi connectivity index (χ4v) is 3.34. The Bertz CT molecular complexity index is 252. The molecule has 66 valence electrons. The van der Waals surface area contributed by atoms with Gasteiger partial charge in [0.15, 0.2) is 0 Å². The van der Waals surface area contributed by atoms with Crippen LogP contribution in [0.4, 0.5) is 0 Å². The molecule has 0 amide bonds. The fraction of sp³-hybridized carbons (Fsp3) is 0.333. The molecule has 0 spiro atoms. The van der Waals surface area contributed by atoms with Crippen LogP contribution in [-0.4, -0.2) is 20.3 Å². The number of hydrogen-bond donors (Lipinski definition) is 0. The second kappa shape index (κ2) is 5.18. The molecule has 1 rings (SSSR count). The van der Waals surface area contributed by atoms with Crippen molar-refractivity contribution in [3.63, 3.8) is 0 Å². The van der Waals surface area contributed by atoms with Crippen LogP contribution in [0.2, 0.25) is 0 Å². The van der Waals surface area contributed by atoms with Crippen LogP contribution in [0.3, 0.4) is 0 Å². The van der Waals surface area contributed by atoms with Crippen LogP contribution in [0.5, 0.6) is 0 Å². The van der Waals surface area contributed by atoms with E-state index in [1.54, 1.807) is 0 Å². The van der Waals surface area contributed by atoms with Crippen LogP contribution in [0, 0.1) is 0 Å². The molecule has 1 aromatic carbocycles. The van der Waals surface area contributed by atoms with Crippen LogP contribution in [0.15, 0.2) is 24.3 Å². The van der Waals surface area contributed by atoms with E-state index in [9.17, 15) is 0 Å². The van der Waals surface area contributed by atoms with Crippen molar-refractivity contribution in [3.05, 3.63) is 29.8 Å². The van der Waals surface area contributed by atoms with E-state index in [1.807, 2.05) is 11.8 Å². The normalized spacial score (nSPS) is 12.9. The number of halogens is 1. The topological polar surface area (TPSA) is 0 Å². The van der Waals surface area contributed by atoms with E-state index in [0.29, 0.717) is 5.25 Å². The molecule has 0 bridgehead atoms. The Morgan fingerprint density at radius 3 is 2.67 bits per heavy atom. The molecular formula is C9H11ClSSe. The van der Waals surface area contributed by atoms with Gasteiger partial charge in [0.25, 0.3) is 0 Å². The molecular weight excluding hydrogens is 255 g/mol. The van der Waals surface area contributed by atoms with Crippen LogP contribution in [0.25, 0.3) is 0 Å². The van der Waals surface area contributed by atoms with E-state index in [4.69, 9.17) is 10.1 Å². The van der Waals surface area contributed by atoms with E-state index < -0.39 is 0 Å². The summed E-state index contributed by atoms with van der Waals surface area (Å²) in [4.78, 5) is 0. The quantitative estimate of drug-likeness (QED) is 0.757. The van der Waals surface area contributed by atoms with Gasteiger partial charge in [-0.15, -0.1) is 0 Å². The second-order valence-corrected chi connectivity index (χ2v) is 5.72. The first kappa shape index (κ1) is 10.5. The average molecular weight is 266 g/mol. The van der Waals surface area contributed by atoms with Gasteiger partial charge < -0.3 is 0 Å². The van der Waals surface area contributed by atoms with Gasteiger partial charge in [-0.2, -0.15) is 0 Å². The van der Waals surface area contributed by atoms with Crippen molar-refractivity contribution >= 4 is 40.4 Å². The third-order valence-corrected chi connectivity index (χ3v) is 4.75. The van der Waals surface area contributed by atoms with Gasteiger partial charge in [-0.25, -0.2) is 0 Å². The van der Waals surface area contributed by atoms with Crippen LogP contribution >= 0.6 is 21.9 Å². The molecule has 0 heterocycles. The predicted octanol–water partition coefficient (Wildman–Crippen LogP) is 2.59. The first-order valence-electron chi connectivity index (χ1n) is 3.70. The van der Waals surface area contributed by atoms with E-state index in [2.05, 4.69) is 37.4 Å². The first-order valence-corrected chi connectivity index (χ1v) is 8.09. The van der Waals surface area contributed by atoms with Crippen molar-refractivity contribution in [3.8, 4) is 0 Å². The van der Waals surface area contributed by atoms with Crippen molar-refractivity contribution in [2.75, 3.05) is 6.26 Å². The minimum absolute atomic E-state index is 0.0978. The van der Waals surface area contributed by atoms with Crippen molar-refractivity contribution in [2.45, 2.75) is 12.2 Å². The second-order valence-electron chi connectivity index (χ2n) is 2.49. The Morgan fingerprint density at radius 1 is 1.42 bits per heavy atom. The molecule has 0 saturated heterocycles. The third kappa shape index (κ3) is 2.43. The summed E-state index contributed by atoms with van der Waals surface area (Å²) in [5.41, 5.74) is 1.39. The van der Waals surface area contributed by atoms with E-state index in [0.717, 1.165) is 0 Å². The van der Waals surface area contributed by atoms with Crippen molar-refractivity contribution < 1.29 is 0 Å². The molecule has 0 aliphatic rings. The molecule has 0 aromatic heterocycles. The molecule has 1 atom stereocenters. The molecule has 0 saturated carbocycles. The molecule has 3 heteroatoms. The van der Waals surface area contributed by atoms with E-state index in [1.165, 1.54) is 10.0 Å². The van der Waals surface area contributed by atoms with Gasteiger partial charge in [0.1, 0.15) is 0 Å². The van der Waals surface area contributed by atoms with Gasteiger partial charge >= 0.3 is 88.6 Å². The molecule has 0 nitrogen and oxygen atoms in total. The molecule has 12 heavy (non-hydrogen) atoms. The maximum atomic E-state index is 5.89. The van der Waals surface area contributed by atoms with Gasteiger partial charge in [-0.3, -0.25) is 0 Å². The van der Waals surface area contributed by atoms with Gasteiger partial charge in [0.2, 0.25) is 0 Å². The van der Waals surface area contributed by atoms with Crippen LogP contribution in [0.1, 0.15) is 17.7 Å². The third-order valence-electron chi connectivity index (χ3n) is 1.79. The van der Waals surface area contributed by atoms with Gasteiger partial charge in [-0.1, -0.05) is 0 Å². The molecule has 0 N–H and O–H groups in total. The summed E-state index contributed by atoms with van der Waals surface area (Å²) in [6, 6.07) is 8.42. The monoisotopic (exact) mass is 266 g/mol. The van der Waals surface area contributed by atoms with Gasteiger partial charge in [0, 0.05) is 0 Å². The standard InChI is InChI=1S/C9H11ClSSe/c1-7(11-2)8-5-3-4-6-9(8)12-10/h3-7H,1-2H3/t7-/m0/s1. The van der Waals surface area contributed by atoms with E-state index >= 15 is 0 Å². The van der Waals surface area contributed by atoms with Crippen molar-refractivity contribution in [1.82, 2.24) is 0 Å². The number of benzene rings is 1. The zero-order valence-corrected chi connectivity index (χ0v) is 10.4. The summed E-state index contributed by atoms with van der Waals surface area (Å²) >= 11 is 1.96. The predicted molar refractivity (Wildman–Crippen MR) is 59.6 cm³/mol. The SMILES string of the molecule is CS[C@@H](C)c1ccccc1[Se]Cl. The number of hydrogen-bond acceptors (Lipinski definition) is 1. The first-order chi connectivity index (χ1) is 5.79. The summed E-state index contributed by atoms with van der Waals surface area (Å²) in [5.74, 6) is 0. The Balaban J connectivity index is 2.96. The summed E-state index contributed by atoms with van der Waals surface area (Å²) in [6.45, 7) is 2.21.